The summed E-state index contributed by atoms with van der Waals surface area (Å²) in [5.74, 6) is -0.381. The van der Waals surface area contributed by atoms with Crippen LogP contribution in [0.4, 0.5) is 10.5 Å². The van der Waals surface area contributed by atoms with Crippen molar-refractivity contribution in [2.45, 2.75) is 96.6 Å². The zero-order valence-electron chi connectivity index (χ0n) is 25.6. The third kappa shape index (κ3) is 7.51. The first kappa shape index (κ1) is 30.9. The van der Waals surface area contributed by atoms with E-state index in [-0.39, 0.29) is 29.3 Å². The largest absolute Gasteiger partial charge is 0.477 e. The molecule has 3 fully saturated rings. The number of aromatic amines is 1. The van der Waals surface area contributed by atoms with Gasteiger partial charge in [0.2, 0.25) is 11.8 Å². The Labute approximate surface area is 253 Å². The number of anilines is 1. The molecule has 10 nitrogen and oxygen atoms in total. The normalized spacial score (nSPS) is 25.0. The highest BCUT2D eigenvalue weighted by molar-refractivity contribution is 6.00. The molecule has 2 atom stereocenters. The Morgan fingerprint density at radius 2 is 1.70 bits per heavy atom. The number of hydrogen-bond donors (Lipinski definition) is 4. The first-order valence-corrected chi connectivity index (χ1v) is 15.9. The zero-order valence-corrected chi connectivity index (χ0v) is 25.6. The Kier molecular flexibility index (Phi) is 9.32. The number of likely N-dealkylation sites (tertiary alicyclic amines) is 1. The Bertz CT molecular complexity index is 1330. The molecule has 2 saturated carbocycles. The van der Waals surface area contributed by atoms with Crippen molar-refractivity contribution in [1.82, 2.24) is 15.2 Å². The number of aromatic nitrogens is 1. The van der Waals surface area contributed by atoms with Gasteiger partial charge in [0.15, 0.2) is 0 Å². The molecule has 0 radical (unpaired) electrons. The number of benzene rings is 1. The summed E-state index contributed by atoms with van der Waals surface area (Å²) >= 11 is 0. The van der Waals surface area contributed by atoms with E-state index in [0.717, 1.165) is 44.9 Å². The smallest absolute Gasteiger partial charge is 0.407 e. The van der Waals surface area contributed by atoms with Crippen molar-refractivity contribution in [3.63, 3.8) is 0 Å². The highest BCUT2D eigenvalue weighted by Crippen LogP contribution is 2.41. The summed E-state index contributed by atoms with van der Waals surface area (Å²) in [5.41, 5.74) is 0.831. The second-order valence-corrected chi connectivity index (χ2v) is 13.7. The molecule has 2 aliphatic carbocycles. The van der Waals surface area contributed by atoms with E-state index in [2.05, 4.69) is 15.6 Å². The van der Waals surface area contributed by atoms with E-state index in [9.17, 15) is 24.3 Å². The van der Waals surface area contributed by atoms with Crippen LogP contribution in [-0.2, 0) is 14.3 Å². The quantitative estimate of drug-likeness (QED) is 0.313. The minimum absolute atomic E-state index is 0.0733. The lowest BCUT2D eigenvalue weighted by Crippen LogP contribution is -2.49. The number of carbonyl (C=O) groups excluding carboxylic acids is 3. The van der Waals surface area contributed by atoms with Crippen molar-refractivity contribution in [3.8, 4) is 0 Å². The van der Waals surface area contributed by atoms with Crippen molar-refractivity contribution in [3.05, 3.63) is 30.0 Å². The molecule has 1 aromatic heterocycles. The Hall–Kier alpha value is -3.56. The third-order valence-electron chi connectivity index (χ3n) is 9.50. The summed E-state index contributed by atoms with van der Waals surface area (Å²) in [5, 5.41) is 16.0. The van der Waals surface area contributed by atoms with Crippen LogP contribution in [-0.4, -0.2) is 63.6 Å². The molecule has 1 saturated heterocycles. The van der Waals surface area contributed by atoms with Gasteiger partial charge in [0.05, 0.1) is 0 Å². The second kappa shape index (κ2) is 13.0. The molecular formula is C33H46N4O6. The molecular weight excluding hydrogens is 548 g/mol. The number of rotatable bonds is 7. The zero-order chi connectivity index (χ0) is 30.7. The topological polar surface area (TPSA) is 141 Å². The summed E-state index contributed by atoms with van der Waals surface area (Å²) in [4.78, 5) is 56.1. The van der Waals surface area contributed by atoms with Crippen molar-refractivity contribution >= 4 is 40.5 Å². The van der Waals surface area contributed by atoms with Gasteiger partial charge < -0.3 is 30.4 Å². The summed E-state index contributed by atoms with van der Waals surface area (Å²) < 4.78 is 5.35. The Morgan fingerprint density at radius 1 is 0.977 bits per heavy atom. The van der Waals surface area contributed by atoms with E-state index >= 15 is 0 Å². The van der Waals surface area contributed by atoms with Gasteiger partial charge in [0.1, 0.15) is 17.3 Å². The number of ether oxygens (including phenoxy) is 1. The van der Waals surface area contributed by atoms with Crippen LogP contribution in [0.25, 0.3) is 10.9 Å². The maximum Gasteiger partial charge on any atom is 0.407 e. The monoisotopic (exact) mass is 594 g/mol. The number of amides is 3. The molecule has 4 N–H and O–H groups in total. The van der Waals surface area contributed by atoms with Gasteiger partial charge in [-0.3, -0.25) is 9.59 Å². The maximum atomic E-state index is 14.0. The SMILES string of the molecule is CC(C)(C)OC(=O)NC[C@H]1CC[C@H](C(=O)N2CC[C@@H](C3CCCCC3)[C@H]2C(=O)Nc2ccc3[nH]c(C(=O)O)cc3c2)CC1. The van der Waals surface area contributed by atoms with Crippen LogP contribution in [0.3, 0.4) is 0 Å². The predicted molar refractivity (Wildman–Crippen MR) is 164 cm³/mol. The van der Waals surface area contributed by atoms with E-state index in [1.165, 1.54) is 19.3 Å². The summed E-state index contributed by atoms with van der Waals surface area (Å²) in [6, 6.07) is 6.36. The number of carboxylic acids is 1. The lowest BCUT2D eigenvalue weighted by atomic mass is 9.76. The van der Waals surface area contributed by atoms with Crippen LogP contribution in [0.5, 0.6) is 0 Å². The van der Waals surface area contributed by atoms with Gasteiger partial charge >= 0.3 is 12.1 Å². The number of fused-ring (bicyclic) bond motifs is 1. The standard InChI is InChI=1S/C33H46N4O6/c1-33(2,3)43-32(42)34-19-20-9-11-22(12-10-20)30(39)37-16-15-25(21-7-5-4-6-8-21)28(37)29(38)35-24-13-14-26-23(17-24)18-27(36-26)31(40)41/h13-14,17-18,20-22,25,28,36H,4-12,15-16,19H2,1-3H3,(H,34,42)(H,35,38)(H,40,41)/t20-,22-,25-,28-/m0/s1. The predicted octanol–water partition coefficient (Wildman–Crippen LogP) is 5.93. The highest BCUT2D eigenvalue weighted by Gasteiger charge is 2.46. The molecule has 5 rings (SSSR count). The van der Waals surface area contributed by atoms with Crippen LogP contribution in [0.15, 0.2) is 24.3 Å². The molecule has 0 spiro atoms. The van der Waals surface area contributed by atoms with E-state index < -0.39 is 23.7 Å². The molecule has 2 heterocycles. The summed E-state index contributed by atoms with van der Waals surface area (Å²) in [6.45, 7) is 6.65. The first-order chi connectivity index (χ1) is 20.5. The minimum atomic E-state index is -1.04. The van der Waals surface area contributed by atoms with Gasteiger partial charge in [0.25, 0.3) is 0 Å². The van der Waals surface area contributed by atoms with E-state index in [4.69, 9.17) is 4.74 Å². The van der Waals surface area contributed by atoms with Gasteiger partial charge in [-0.1, -0.05) is 32.1 Å². The number of H-pyrrole nitrogens is 1. The number of aromatic carboxylic acids is 1. The number of nitrogens with one attached hydrogen (secondary N) is 3. The minimum Gasteiger partial charge on any atom is -0.477 e. The lowest BCUT2D eigenvalue weighted by Gasteiger charge is -2.36. The lowest BCUT2D eigenvalue weighted by molar-refractivity contribution is -0.142. The van der Waals surface area contributed by atoms with Crippen LogP contribution >= 0.6 is 0 Å². The summed E-state index contributed by atoms with van der Waals surface area (Å²) in [6.07, 6.45) is 9.36. The Morgan fingerprint density at radius 3 is 2.37 bits per heavy atom. The molecule has 3 aliphatic rings. The Balaban J connectivity index is 1.25. The number of alkyl carbamates (subject to hydrolysis) is 1. The van der Waals surface area contributed by atoms with Gasteiger partial charge in [0, 0.05) is 35.6 Å². The molecule has 43 heavy (non-hydrogen) atoms. The molecule has 1 aliphatic heterocycles. The van der Waals surface area contributed by atoms with Gasteiger partial charge in [-0.2, -0.15) is 0 Å². The van der Waals surface area contributed by atoms with Gasteiger partial charge in [-0.05, 0) is 94.9 Å². The van der Waals surface area contributed by atoms with E-state index in [1.54, 1.807) is 24.3 Å². The van der Waals surface area contributed by atoms with Crippen LogP contribution in [0.1, 0.15) is 95.5 Å². The van der Waals surface area contributed by atoms with Gasteiger partial charge in [-0.15, -0.1) is 0 Å². The fourth-order valence-corrected chi connectivity index (χ4v) is 7.39. The molecule has 234 valence electrons. The van der Waals surface area contributed by atoms with Crippen molar-refractivity contribution in [2.24, 2.45) is 23.7 Å². The van der Waals surface area contributed by atoms with Crippen LogP contribution in [0, 0.1) is 23.7 Å². The fourth-order valence-electron chi connectivity index (χ4n) is 7.39. The van der Waals surface area contributed by atoms with Crippen LogP contribution in [0.2, 0.25) is 0 Å². The molecule has 1 aromatic carbocycles. The molecule has 0 unspecified atom stereocenters. The number of carboxylic acid groups (broad SMARTS) is 1. The average Bonchev–Trinajstić information content (AvgIpc) is 3.61. The number of hydrogen-bond acceptors (Lipinski definition) is 5. The van der Waals surface area contributed by atoms with Crippen molar-refractivity contribution in [1.29, 1.82) is 0 Å². The van der Waals surface area contributed by atoms with Gasteiger partial charge in [-0.25, -0.2) is 9.59 Å². The second-order valence-electron chi connectivity index (χ2n) is 13.7. The molecule has 2 aromatic rings. The van der Waals surface area contributed by atoms with E-state index in [0.29, 0.717) is 41.5 Å². The van der Waals surface area contributed by atoms with Crippen molar-refractivity contribution in [2.75, 3.05) is 18.4 Å². The molecule has 10 heteroatoms. The fraction of sp³-hybridized carbons (Fsp3) is 0.636. The number of carbonyl (C=O) groups is 4. The first-order valence-electron chi connectivity index (χ1n) is 15.9. The average molecular weight is 595 g/mol. The molecule has 3 amide bonds. The third-order valence-corrected chi connectivity index (χ3v) is 9.50. The highest BCUT2D eigenvalue weighted by atomic mass is 16.6. The number of nitrogens with zero attached hydrogens (tertiary/aromatic N) is 1. The molecule has 0 bridgehead atoms. The van der Waals surface area contributed by atoms with Crippen molar-refractivity contribution < 1.29 is 29.0 Å². The van der Waals surface area contributed by atoms with Crippen LogP contribution < -0.4 is 10.6 Å². The van der Waals surface area contributed by atoms with E-state index in [1.807, 2.05) is 25.7 Å². The summed E-state index contributed by atoms with van der Waals surface area (Å²) in [7, 11) is 0. The maximum absolute atomic E-state index is 14.0.